The van der Waals surface area contributed by atoms with Crippen molar-refractivity contribution in [2.24, 2.45) is 0 Å². The molecule has 1 N–H and O–H groups in total. The first-order valence-corrected chi connectivity index (χ1v) is 13.7. The number of carbonyl (C=O) groups is 3. The van der Waals surface area contributed by atoms with Crippen molar-refractivity contribution < 1.29 is 14.4 Å². The highest BCUT2D eigenvalue weighted by molar-refractivity contribution is 6.05. The van der Waals surface area contributed by atoms with E-state index in [4.69, 9.17) is 0 Å². The summed E-state index contributed by atoms with van der Waals surface area (Å²) in [6, 6.07) is 10.2. The van der Waals surface area contributed by atoms with E-state index in [-0.39, 0.29) is 24.1 Å². The molecule has 1 atom stereocenters. The Morgan fingerprint density at radius 2 is 1.73 bits per heavy atom. The molecule has 0 aliphatic carbocycles. The van der Waals surface area contributed by atoms with E-state index < -0.39 is 6.04 Å². The fourth-order valence-corrected chi connectivity index (χ4v) is 6.45. The van der Waals surface area contributed by atoms with Gasteiger partial charge in [-0.15, -0.1) is 0 Å². The summed E-state index contributed by atoms with van der Waals surface area (Å²) in [6.45, 7) is 6.12. The number of hydrogen-bond acceptors (Lipinski definition) is 6. The Bertz CT molecular complexity index is 1200. The Balaban J connectivity index is 1.11. The molecule has 5 heterocycles. The van der Waals surface area contributed by atoms with Gasteiger partial charge < -0.3 is 9.80 Å². The monoisotopic (exact) mass is 501 g/mol. The molecule has 6 rings (SSSR count). The Labute approximate surface area is 218 Å². The molecule has 1 unspecified atom stereocenters. The van der Waals surface area contributed by atoms with E-state index >= 15 is 0 Å². The van der Waals surface area contributed by atoms with E-state index in [1.165, 1.54) is 50.8 Å². The molecule has 4 aliphatic rings. The molecule has 194 valence electrons. The molecule has 0 spiro atoms. The molecule has 4 aliphatic heterocycles. The molecule has 1 aromatic carbocycles. The maximum absolute atomic E-state index is 13.0. The van der Waals surface area contributed by atoms with Gasteiger partial charge in [-0.2, -0.15) is 0 Å². The second-order valence-corrected chi connectivity index (χ2v) is 10.9. The van der Waals surface area contributed by atoms with Gasteiger partial charge in [0.25, 0.3) is 5.91 Å². The van der Waals surface area contributed by atoms with E-state index in [1.807, 2.05) is 24.4 Å². The molecular formula is C29H35N5O3. The topological polar surface area (TPSA) is 85.9 Å². The summed E-state index contributed by atoms with van der Waals surface area (Å²) in [5.74, 6) is -0.803. The molecule has 3 saturated heterocycles. The molecule has 0 radical (unpaired) electrons. The Morgan fingerprint density at radius 1 is 0.919 bits per heavy atom. The molecule has 37 heavy (non-hydrogen) atoms. The highest BCUT2D eigenvalue weighted by atomic mass is 16.2. The van der Waals surface area contributed by atoms with E-state index in [1.54, 1.807) is 4.90 Å². The lowest BCUT2D eigenvalue weighted by Gasteiger charge is -2.40. The number of rotatable bonds is 5. The van der Waals surface area contributed by atoms with E-state index in [0.29, 0.717) is 18.5 Å². The molecule has 8 nitrogen and oxygen atoms in total. The summed E-state index contributed by atoms with van der Waals surface area (Å²) < 4.78 is 0. The summed E-state index contributed by atoms with van der Waals surface area (Å²) >= 11 is 0. The number of likely N-dealkylation sites (tertiary alicyclic amines) is 2. The lowest BCUT2D eigenvalue weighted by atomic mass is 9.99. The quantitative estimate of drug-likeness (QED) is 0.634. The zero-order chi connectivity index (χ0) is 25.4. The van der Waals surface area contributed by atoms with Crippen molar-refractivity contribution in [1.82, 2.24) is 25.0 Å². The molecule has 1 aromatic heterocycles. The molecule has 0 bridgehead atoms. The Hall–Kier alpha value is -3.10. The number of carbonyl (C=O) groups excluding carboxylic acids is 3. The highest BCUT2D eigenvalue weighted by Gasteiger charge is 2.39. The lowest BCUT2D eigenvalue weighted by molar-refractivity contribution is -0.136. The first-order valence-electron chi connectivity index (χ1n) is 13.7. The van der Waals surface area contributed by atoms with Crippen molar-refractivity contribution in [3.05, 3.63) is 53.2 Å². The smallest absolute Gasteiger partial charge is 0.255 e. The van der Waals surface area contributed by atoms with E-state index in [9.17, 15) is 14.4 Å². The van der Waals surface area contributed by atoms with Gasteiger partial charge in [-0.25, -0.2) is 0 Å². The molecule has 8 heteroatoms. The standard InChI is InChI=1S/C29H35N5O3/c35-27-7-6-26(28(36)31-27)34-19-22-17-21(4-5-24(22)29(34)37)25-16-20(8-11-30-25)18-32-14-9-23(10-15-32)33-12-2-1-3-13-33/h4-5,8,11,16-17,23,26H,1-3,6-7,9-10,12-15,18-19H2,(H,31,35,36). The second kappa shape index (κ2) is 10.3. The first-order chi connectivity index (χ1) is 18.0. The number of imide groups is 1. The summed E-state index contributed by atoms with van der Waals surface area (Å²) in [6.07, 6.45) is 9.10. The normalized spacial score (nSPS) is 23.8. The van der Waals surface area contributed by atoms with E-state index in [0.717, 1.165) is 42.5 Å². The van der Waals surface area contributed by atoms with Crippen molar-refractivity contribution in [2.45, 2.75) is 70.1 Å². The summed E-state index contributed by atoms with van der Waals surface area (Å²) in [4.78, 5) is 48.3. The van der Waals surface area contributed by atoms with Gasteiger partial charge in [0.15, 0.2) is 0 Å². The van der Waals surface area contributed by atoms with Crippen LogP contribution in [0, 0.1) is 0 Å². The minimum atomic E-state index is -0.596. The molecule has 3 fully saturated rings. The van der Waals surface area contributed by atoms with E-state index in [2.05, 4.69) is 32.2 Å². The molecule has 3 amide bonds. The van der Waals surface area contributed by atoms with Gasteiger partial charge in [0.05, 0.1) is 5.69 Å². The summed E-state index contributed by atoms with van der Waals surface area (Å²) in [7, 11) is 0. The van der Waals surface area contributed by atoms with Gasteiger partial charge >= 0.3 is 0 Å². The Morgan fingerprint density at radius 3 is 2.51 bits per heavy atom. The van der Waals surface area contributed by atoms with Crippen LogP contribution in [0.25, 0.3) is 11.3 Å². The third-order valence-corrected chi connectivity index (χ3v) is 8.51. The number of pyridine rings is 1. The number of fused-ring (bicyclic) bond motifs is 1. The van der Waals surface area contributed by atoms with Gasteiger partial charge in [-0.05, 0) is 93.7 Å². The summed E-state index contributed by atoms with van der Waals surface area (Å²) in [5, 5.41) is 2.36. The number of nitrogens with one attached hydrogen (secondary N) is 1. The highest BCUT2D eigenvalue weighted by Crippen LogP contribution is 2.31. The maximum Gasteiger partial charge on any atom is 0.255 e. The number of nitrogens with zero attached hydrogens (tertiary/aromatic N) is 4. The fourth-order valence-electron chi connectivity index (χ4n) is 6.45. The average Bonchev–Trinajstić information content (AvgIpc) is 3.25. The number of amides is 3. The number of aromatic nitrogens is 1. The maximum atomic E-state index is 13.0. The third kappa shape index (κ3) is 5.05. The summed E-state index contributed by atoms with van der Waals surface area (Å²) in [5.41, 5.74) is 4.65. The largest absolute Gasteiger partial charge is 0.322 e. The van der Waals surface area contributed by atoms with Crippen molar-refractivity contribution >= 4 is 17.7 Å². The van der Waals surface area contributed by atoms with Crippen LogP contribution in [0.4, 0.5) is 0 Å². The van der Waals surface area contributed by atoms with Gasteiger partial charge in [0, 0.05) is 42.9 Å². The molecule has 0 saturated carbocycles. The van der Waals surface area contributed by atoms with Crippen LogP contribution in [0.15, 0.2) is 36.5 Å². The number of benzene rings is 1. The molecular weight excluding hydrogens is 466 g/mol. The van der Waals surface area contributed by atoms with Crippen LogP contribution >= 0.6 is 0 Å². The minimum absolute atomic E-state index is 0.147. The minimum Gasteiger partial charge on any atom is -0.322 e. The van der Waals surface area contributed by atoms with Crippen molar-refractivity contribution in [2.75, 3.05) is 26.2 Å². The van der Waals surface area contributed by atoms with Crippen LogP contribution in [0.1, 0.15) is 66.4 Å². The van der Waals surface area contributed by atoms with Crippen LogP contribution < -0.4 is 5.32 Å². The number of piperidine rings is 3. The van der Waals surface area contributed by atoms with Crippen LogP contribution in [0.2, 0.25) is 0 Å². The van der Waals surface area contributed by atoms with Crippen LogP contribution in [-0.2, 0) is 22.7 Å². The van der Waals surface area contributed by atoms with Crippen molar-refractivity contribution in [3.63, 3.8) is 0 Å². The van der Waals surface area contributed by atoms with Gasteiger partial charge in [-0.3, -0.25) is 29.6 Å². The van der Waals surface area contributed by atoms with Crippen molar-refractivity contribution in [1.29, 1.82) is 0 Å². The number of hydrogen-bond donors (Lipinski definition) is 1. The SMILES string of the molecule is O=C1CCC(N2Cc3cc(-c4cc(CN5CCC(N6CCCCC6)CC5)ccn4)ccc3C2=O)C(=O)N1. The predicted octanol–water partition coefficient (Wildman–Crippen LogP) is 2.96. The van der Waals surface area contributed by atoms with Crippen LogP contribution in [-0.4, -0.2) is 75.7 Å². The first kappa shape index (κ1) is 24.2. The van der Waals surface area contributed by atoms with Gasteiger partial charge in [-0.1, -0.05) is 12.5 Å². The van der Waals surface area contributed by atoms with Gasteiger partial charge in [0.1, 0.15) is 6.04 Å². The fraction of sp³-hybridized carbons (Fsp3) is 0.517. The molecule has 2 aromatic rings. The van der Waals surface area contributed by atoms with Crippen molar-refractivity contribution in [3.8, 4) is 11.3 Å². The lowest BCUT2D eigenvalue weighted by Crippen LogP contribution is -2.52. The zero-order valence-electron chi connectivity index (χ0n) is 21.3. The second-order valence-electron chi connectivity index (χ2n) is 10.9. The van der Waals surface area contributed by atoms with Crippen LogP contribution in [0.3, 0.4) is 0 Å². The van der Waals surface area contributed by atoms with Crippen LogP contribution in [0.5, 0.6) is 0 Å². The van der Waals surface area contributed by atoms with Gasteiger partial charge in [0.2, 0.25) is 11.8 Å². The predicted molar refractivity (Wildman–Crippen MR) is 139 cm³/mol. The third-order valence-electron chi connectivity index (χ3n) is 8.51. The zero-order valence-corrected chi connectivity index (χ0v) is 21.3. The average molecular weight is 502 g/mol. The Kier molecular flexibility index (Phi) is 6.78.